The van der Waals surface area contributed by atoms with Crippen LogP contribution in [0.4, 0.5) is 0 Å². The number of nitrogens with one attached hydrogen (secondary N) is 1. The van der Waals surface area contributed by atoms with Gasteiger partial charge in [0.25, 0.3) is 0 Å². The largest absolute Gasteiger partial charge is 0.353 e. The summed E-state index contributed by atoms with van der Waals surface area (Å²) in [6.45, 7) is 8.75. The van der Waals surface area contributed by atoms with Crippen LogP contribution in [0.15, 0.2) is 36.4 Å². The maximum absolute atomic E-state index is 13.0. The van der Waals surface area contributed by atoms with Crippen LogP contribution in [0.5, 0.6) is 0 Å². The number of benzene rings is 1. The maximum atomic E-state index is 13.0. The molecular formula is C26H37N3O3. The molecule has 0 aliphatic carbocycles. The summed E-state index contributed by atoms with van der Waals surface area (Å²) in [5.41, 5.74) is 1.00. The number of hydrogen-bond acceptors (Lipinski definition) is 3. The third-order valence-electron chi connectivity index (χ3n) is 6.92. The molecule has 2 heterocycles. The molecule has 0 aromatic heterocycles. The Balaban J connectivity index is 1.41. The smallest absolute Gasteiger partial charge is 0.246 e. The second kappa shape index (κ2) is 11.3. The van der Waals surface area contributed by atoms with E-state index in [1.807, 2.05) is 53.1 Å². The maximum Gasteiger partial charge on any atom is 0.246 e. The first-order chi connectivity index (χ1) is 15.3. The fraction of sp³-hybridized carbons (Fsp3) is 0.577. The normalized spacial score (nSPS) is 19.4. The molecule has 2 aliphatic heterocycles. The standard InChI is InChI=1S/C26H37N3O3/c1-19(2)20(3)27-25(31)22-11-17-29(18-12-22)26(32)23-13-15-28(16-14-23)24(30)10-9-21-7-5-4-6-8-21/h4-10,19-20,22-23H,11-18H2,1-3H3,(H,27,31)/b10-9-/t20-/m0/s1. The van der Waals surface area contributed by atoms with Gasteiger partial charge in [-0.1, -0.05) is 44.2 Å². The first kappa shape index (κ1) is 24.0. The molecule has 0 radical (unpaired) electrons. The molecule has 2 saturated heterocycles. The molecule has 1 N–H and O–H groups in total. The van der Waals surface area contributed by atoms with E-state index in [2.05, 4.69) is 19.2 Å². The zero-order chi connectivity index (χ0) is 23.1. The third-order valence-corrected chi connectivity index (χ3v) is 6.92. The third kappa shape index (κ3) is 6.44. The number of likely N-dealkylation sites (tertiary alicyclic amines) is 2. The van der Waals surface area contributed by atoms with Gasteiger partial charge in [-0.05, 0) is 50.2 Å². The predicted octanol–water partition coefficient (Wildman–Crippen LogP) is 3.34. The van der Waals surface area contributed by atoms with Crippen molar-refractivity contribution in [2.75, 3.05) is 26.2 Å². The summed E-state index contributed by atoms with van der Waals surface area (Å²) >= 11 is 0. The van der Waals surface area contributed by atoms with Crippen LogP contribution in [0.25, 0.3) is 6.08 Å². The van der Waals surface area contributed by atoms with Crippen LogP contribution in [0.1, 0.15) is 52.0 Å². The summed E-state index contributed by atoms with van der Waals surface area (Å²) in [6, 6.07) is 9.94. The van der Waals surface area contributed by atoms with Gasteiger partial charge >= 0.3 is 0 Å². The second-order valence-electron chi connectivity index (χ2n) is 9.48. The molecule has 3 rings (SSSR count). The number of carbonyl (C=O) groups is 3. The number of piperidine rings is 2. The van der Waals surface area contributed by atoms with Crippen LogP contribution in [-0.2, 0) is 14.4 Å². The zero-order valence-corrected chi connectivity index (χ0v) is 19.6. The van der Waals surface area contributed by atoms with Gasteiger partial charge in [0.05, 0.1) is 0 Å². The number of rotatable bonds is 6. The van der Waals surface area contributed by atoms with Gasteiger partial charge in [-0.15, -0.1) is 0 Å². The van der Waals surface area contributed by atoms with Crippen LogP contribution in [0, 0.1) is 17.8 Å². The van der Waals surface area contributed by atoms with Gasteiger partial charge in [0.2, 0.25) is 17.7 Å². The second-order valence-corrected chi connectivity index (χ2v) is 9.48. The molecule has 6 heteroatoms. The highest BCUT2D eigenvalue weighted by atomic mass is 16.2. The molecule has 0 bridgehead atoms. The van der Waals surface area contributed by atoms with E-state index in [1.165, 1.54) is 0 Å². The van der Waals surface area contributed by atoms with Crippen LogP contribution in [-0.4, -0.2) is 59.7 Å². The molecule has 2 fully saturated rings. The minimum absolute atomic E-state index is 0.00204. The van der Waals surface area contributed by atoms with Crippen molar-refractivity contribution in [3.63, 3.8) is 0 Å². The average molecular weight is 440 g/mol. The topological polar surface area (TPSA) is 69.7 Å². The van der Waals surface area contributed by atoms with Gasteiger partial charge in [0.15, 0.2) is 0 Å². The summed E-state index contributed by atoms with van der Waals surface area (Å²) in [6.07, 6.45) is 6.31. The minimum atomic E-state index is -0.0245. The van der Waals surface area contributed by atoms with Crippen LogP contribution in [0.3, 0.4) is 0 Å². The molecule has 32 heavy (non-hydrogen) atoms. The van der Waals surface area contributed by atoms with E-state index < -0.39 is 0 Å². The highest BCUT2D eigenvalue weighted by Crippen LogP contribution is 2.24. The molecule has 0 spiro atoms. The van der Waals surface area contributed by atoms with Gasteiger partial charge in [-0.3, -0.25) is 14.4 Å². The van der Waals surface area contributed by atoms with E-state index in [1.54, 1.807) is 6.08 Å². The van der Waals surface area contributed by atoms with Crippen LogP contribution in [0.2, 0.25) is 0 Å². The van der Waals surface area contributed by atoms with Crippen molar-refractivity contribution in [2.24, 2.45) is 17.8 Å². The van der Waals surface area contributed by atoms with Crippen molar-refractivity contribution in [1.29, 1.82) is 0 Å². The monoisotopic (exact) mass is 439 g/mol. The van der Waals surface area contributed by atoms with Gasteiger partial charge in [0.1, 0.15) is 0 Å². The minimum Gasteiger partial charge on any atom is -0.353 e. The lowest BCUT2D eigenvalue weighted by Gasteiger charge is -2.37. The van der Waals surface area contributed by atoms with E-state index in [9.17, 15) is 14.4 Å². The fourth-order valence-corrected chi connectivity index (χ4v) is 4.31. The first-order valence-electron chi connectivity index (χ1n) is 12.0. The number of nitrogens with zero attached hydrogens (tertiary/aromatic N) is 2. The molecule has 0 saturated carbocycles. The quantitative estimate of drug-likeness (QED) is 0.691. The van der Waals surface area contributed by atoms with Gasteiger partial charge in [0, 0.05) is 50.1 Å². The summed E-state index contributed by atoms with van der Waals surface area (Å²) in [4.78, 5) is 41.7. The summed E-state index contributed by atoms with van der Waals surface area (Å²) in [5, 5.41) is 3.11. The molecule has 0 unspecified atom stereocenters. The summed E-state index contributed by atoms with van der Waals surface area (Å²) in [5.74, 6) is 0.689. The molecule has 1 atom stereocenters. The molecule has 1 aromatic carbocycles. The fourth-order valence-electron chi connectivity index (χ4n) is 4.31. The Kier molecular flexibility index (Phi) is 8.48. The number of carbonyl (C=O) groups excluding carboxylic acids is 3. The van der Waals surface area contributed by atoms with Gasteiger partial charge in [-0.25, -0.2) is 0 Å². The van der Waals surface area contributed by atoms with E-state index in [0.717, 1.165) is 18.4 Å². The van der Waals surface area contributed by atoms with Gasteiger partial charge in [-0.2, -0.15) is 0 Å². The van der Waals surface area contributed by atoms with Crippen LogP contribution < -0.4 is 5.32 Å². The predicted molar refractivity (Wildman–Crippen MR) is 127 cm³/mol. The Morgan fingerprint density at radius 3 is 2.03 bits per heavy atom. The van der Waals surface area contributed by atoms with E-state index in [-0.39, 0.29) is 35.6 Å². The van der Waals surface area contributed by atoms with Gasteiger partial charge < -0.3 is 15.1 Å². The van der Waals surface area contributed by atoms with Crippen molar-refractivity contribution in [1.82, 2.24) is 15.1 Å². The summed E-state index contributed by atoms with van der Waals surface area (Å²) in [7, 11) is 0. The van der Waals surface area contributed by atoms with Crippen molar-refractivity contribution < 1.29 is 14.4 Å². The molecule has 3 amide bonds. The number of hydrogen-bond donors (Lipinski definition) is 1. The molecule has 174 valence electrons. The molecule has 2 aliphatic rings. The van der Waals surface area contributed by atoms with E-state index in [4.69, 9.17) is 0 Å². The molecular weight excluding hydrogens is 402 g/mol. The Morgan fingerprint density at radius 2 is 1.44 bits per heavy atom. The lowest BCUT2D eigenvalue weighted by molar-refractivity contribution is -0.142. The highest BCUT2D eigenvalue weighted by Gasteiger charge is 2.33. The Hall–Kier alpha value is -2.63. The zero-order valence-electron chi connectivity index (χ0n) is 19.6. The lowest BCUT2D eigenvalue weighted by Crippen LogP contribution is -2.48. The Labute approximate surface area is 192 Å². The molecule has 6 nitrogen and oxygen atoms in total. The highest BCUT2D eigenvalue weighted by molar-refractivity contribution is 5.92. The van der Waals surface area contributed by atoms with E-state index >= 15 is 0 Å². The Morgan fingerprint density at radius 1 is 0.875 bits per heavy atom. The summed E-state index contributed by atoms with van der Waals surface area (Å²) < 4.78 is 0. The lowest BCUT2D eigenvalue weighted by atomic mass is 9.91. The van der Waals surface area contributed by atoms with Crippen LogP contribution >= 0.6 is 0 Å². The SMILES string of the molecule is CC(C)[C@H](C)NC(=O)C1CCN(C(=O)C2CCN(C(=O)/C=C\c3ccccc3)CC2)CC1. The Bertz CT molecular complexity index is 805. The van der Waals surface area contributed by atoms with Crippen molar-refractivity contribution >= 4 is 23.8 Å². The van der Waals surface area contributed by atoms with Crippen molar-refractivity contribution in [3.8, 4) is 0 Å². The molecule has 1 aromatic rings. The van der Waals surface area contributed by atoms with E-state index in [0.29, 0.717) is 44.9 Å². The first-order valence-corrected chi connectivity index (χ1v) is 12.0. The average Bonchev–Trinajstić information content (AvgIpc) is 2.82. The van der Waals surface area contributed by atoms with Crippen molar-refractivity contribution in [3.05, 3.63) is 42.0 Å². The number of amides is 3. The van der Waals surface area contributed by atoms with Crippen molar-refractivity contribution in [2.45, 2.75) is 52.5 Å².